The molecular weight excluding hydrogens is 954 g/mol. The van der Waals surface area contributed by atoms with Crippen LogP contribution in [0.3, 0.4) is 0 Å². The van der Waals surface area contributed by atoms with Crippen LogP contribution in [0.15, 0.2) is 12.2 Å². The summed E-state index contributed by atoms with van der Waals surface area (Å²) in [7, 11) is -15.4. The van der Waals surface area contributed by atoms with E-state index in [1.807, 2.05) is 13.8 Å². The van der Waals surface area contributed by atoms with Crippen LogP contribution in [0, 0.1) is 5.92 Å². The molecular formula is C38H63N2Na3O19S3. The molecule has 27 heteroatoms. The second-order valence-electron chi connectivity index (χ2n) is 16.4. The first kappa shape index (κ1) is 65.6. The minimum absolute atomic E-state index is 0. The molecule has 3 aliphatic heterocycles. The zero-order chi connectivity index (χ0) is 45.8. The molecule has 0 aromatic carbocycles. The minimum atomic E-state index is -5.25. The van der Waals surface area contributed by atoms with Gasteiger partial charge in [-0.1, -0.05) is 64.9 Å². The van der Waals surface area contributed by atoms with Gasteiger partial charge in [0.25, 0.3) is 0 Å². The van der Waals surface area contributed by atoms with Crippen LogP contribution in [0.1, 0.15) is 136 Å². The summed E-state index contributed by atoms with van der Waals surface area (Å²) in [6, 6.07) is -1.45. The first-order valence-electron chi connectivity index (χ1n) is 21.3. The zero-order valence-corrected chi connectivity index (χ0v) is 46.9. The van der Waals surface area contributed by atoms with Gasteiger partial charge >= 0.3 is 101 Å². The number of allylic oxidation sites excluding steroid dienone is 1. The van der Waals surface area contributed by atoms with E-state index in [1.54, 1.807) is 10.8 Å². The van der Waals surface area contributed by atoms with Crippen molar-refractivity contribution in [3.05, 3.63) is 12.2 Å². The quantitative estimate of drug-likeness (QED) is 0.0377. The van der Waals surface area contributed by atoms with Crippen LogP contribution in [0.5, 0.6) is 0 Å². The van der Waals surface area contributed by atoms with Gasteiger partial charge in [-0.15, -0.1) is 0 Å². The van der Waals surface area contributed by atoms with Crippen molar-refractivity contribution in [2.45, 2.75) is 178 Å². The molecule has 2 saturated heterocycles. The smallest absolute Gasteiger partial charge is 0.735 e. The van der Waals surface area contributed by atoms with E-state index < -0.39 is 86.8 Å². The Hall–Kier alpha value is 0.640. The van der Waals surface area contributed by atoms with Crippen LogP contribution < -0.4 is 98.7 Å². The first-order chi connectivity index (χ1) is 29.1. The van der Waals surface area contributed by atoms with Gasteiger partial charge in [-0.2, -0.15) is 0 Å². The van der Waals surface area contributed by atoms with E-state index >= 15 is 0 Å². The number of amides is 1. The van der Waals surface area contributed by atoms with Gasteiger partial charge < -0.3 is 42.7 Å². The van der Waals surface area contributed by atoms with Gasteiger partial charge in [0.15, 0.2) is 16.1 Å². The molecule has 65 heavy (non-hydrogen) atoms. The van der Waals surface area contributed by atoms with E-state index in [9.17, 15) is 53.3 Å². The van der Waals surface area contributed by atoms with Crippen LogP contribution in [0.25, 0.3) is 0 Å². The van der Waals surface area contributed by atoms with Gasteiger partial charge in [0.2, 0.25) is 26.7 Å². The van der Waals surface area contributed by atoms with E-state index in [0.29, 0.717) is 83.5 Å². The van der Waals surface area contributed by atoms with E-state index in [4.69, 9.17) is 27.9 Å². The topological polar surface area (TPSA) is 311 Å². The maximum Gasteiger partial charge on any atom is 1.00 e. The molecule has 2 N–H and O–H groups in total. The fraction of sp³-hybridized carbons (Fsp3) is 0.868. The summed E-state index contributed by atoms with van der Waals surface area (Å²) in [5, 5.41) is 2.46. The van der Waals surface area contributed by atoms with Crippen molar-refractivity contribution < 1.29 is 174 Å². The van der Waals surface area contributed by atoms with E-state index in [0.717, 1.165) is 25.7 Å². The summed E-state index contributed by atoms with van der Waals surface area (Å²) in [6.07, 6.45) is 9.89. The SMILES string of the molecule is CC(C)CC(=O)O[C@H]1C[C@H]2O[C@@]3(CCCCCCC(C(CCCCCCOCC(COS(=O)(=O)[O-])NS(=O)(=O)[O-])OS(=O)(=O)[O-])OC(=O)CNC(=O)/C=C/CCCCC[C@H]2O3)C1.[Na+].[Na+].[Na+]. The number of cyclic esters (lactones) is 1. The molecule has 360 valence electrons. The number of ether oxygens (including phenoxy) is 5. The van der Waals surface area contributed by atoms with Crippen molar-refractivity contribution in [1.29, 1.82) is 0 Å². The summed E-state index contributed by atoms with van der Waals surface area (Å²) in [6.45, 7) is 1.97. The van der Waals surface area contributed by atoms with Crippen LogP contribution in [0.4, 0.5) is 0 Å². The largest absolute Gasteiger partial charge is 1.00 e. The third-order valence-corrected chi connectivity index (χ3v) is 11.9. The molecule has 0 saturated carbocycles. The Morgan fingerprint density at radius 1 is 0.862 bits per heavy atom. The van der Waals surface area contributed by atoms with Crippen molar-refractivity contribution in [1.82, 2.24) is 10.0 Å². The molecule has 0 aromatic heterocycles. The average molecular weight is 1020 g/mol. The molecule has 2 fully saturated rings. The Labute approximate surface area is 451 Å². The number of carbonyl (C=O) groups is 3. The number of rotatable bonds is 20. The van der Waals surface area contributed by atoms with Crippen LogP contribution in [-0.2, 0) is 77.5 Å². The molecule has 3 aliphatic rings. The molecule has 3 rings (SSSR count). The number of esters is 2. The number of hydrogen-bond donors (Lipinski definition) is 2. The Kier molecular flexibility index (Phi) is 33.6. The molecule has 3 heterocycles. The first-order valence-corrected chi connectivity index (χ1v) is 25.4. The third kappa shape index (κ3) is 30.2. The summed E-state index contributed by atoms with van der Waals surface area (Å²) in [4.78, 5) is 38.0. The van der Waals surface area contributed by atoms with Gasteiger partial charge in [-0.3, -0.25) is 22.7 Å². The van der Waals surface area contributed by atoms with Crippen LogP contribution in [0.2, 0.25) is 0 Å². The van der Waals surface area contributed by atoms with Gasteiger partial charge in [0, 0.05) is 32.3 Å². The van der Waals surface area contributed by atoms with E-state index in [-0.39, 0.29) is 138 Å². The maximum atomic E-state index is 12.9. The molecule has 0 aromatic rings. The van der Waals surface area contributed by atoms with Crippen molar-refractivity contribution in [2.75, 3.05) is 26.4 Å². The van der Waals surface area contributed by atoms with Crippen molar-refractivity contribution in [3.8, 4) is 0 Å². The normalized spacial score (nSPS) is 25.7. The fourth-order valence-corrected chi connectivity index (χ4v) is 9.12. The standard InChI is InChI=1S/C38H66N2O19S3.3Na/c1-28(2)22-36(42)55-30-23-34-32-17-11-4-3-5-13-19-35(41)39-25-37(43)56-31(16-10-6-8-14-20-38(24-30,57-32)58-34)33(59-62(50,51)52)18-12-7-9-15-21-53-26-29(40-60(44,45)46)27-54-61(47,48)49;;;/h13,19,28-34,40H,3-12,14-18,20-27H2,1-2H3,(H,39,41)(H,44,45,46)(H,47,48,49)(H,50,51,52);;;/q;3*+1/p-3/b19-13+;;;/t29?,30-,31?,32+,33?,34+,38-;;;/m0.../s1. The van der Waals surface area contributed by atoms with Crippen LogP contribution >= 0.6 is 0 Å². The Morgan fingerprint density at radius 2 is 1.52 bits per heavy atom. The Balaban J connectivity index is 0.0000137. The summed E-state index contributed by atoms with van der Waals surface area (Å²) >= 11 is 0. The summed E-state index contributed by atoms with van der Waals surface area (Å²) < 4.78 is 141. The second kappa shape index (κ2) is 33.3. The molecule has 3 bridgehead atoms. The Bertz CT molecular complexity index is 1780. The number of unbranched alkanes of at least 4 members (excludes halogenated alkanes) is 3. The van der Waals surface area contributed by atoms with Crippen molar-refractivity contribution >= 4 is 48.9 Å². The summed E-state index contributed by atoms with van der Waals surface area (Å²) in [5.41, 5.74) is 0. The van der Waals surface area contributed by atoms with Crippen molar-refractivity contribution in [2.24, 2.45) is 5.92 Å². The predicted octanol–water partition coefficient (Wildman–Crippen LogP) is -6.17. The second-order valence-corrected chi connectivity index (χ2v) is 19.6. The molecule has 3 unspecified atom stereocenters. The maximum absolute atomic E-state index is 12.9. The van der Waals surface area contributed by atoms with Gasteiger partial charge in [0.1, 0.15) is 24.9 Å². The molecule has 1 amide bonds. The zero-order valence-electron chi connectivity index (χ0n) is 38.4. The number of nitrogens with one attached hydrogen (secondary N) is 2. The molecule has 0 aliphatic carbocycles. The van der Waals surface area contributed by atoms with E-state index in [1.165, 1.54) is 6.08 Å². The summed E-state index contributed by atoms with van der Waals surface area (Å²) in [5.74, 6) is -2.36. The molecule has 7 atom stereocenters. The molecule has 0 radical (unpaired) electrons. The van der Waals surface area contributed by atoms with Crippen LogP contribution in [-0.4, -0.2) is 125 Å². The van der Waals surface area contributed by atoms with E-state index in [2.05, 4.69) is 9.50 Å². The van der Waals surface area contributed by atoms with Gasteiger partial charge in [0.05, 0.1) is 31.5 Å². The monoisotopic (exact) mass is 1020 g/mol. The number of fused-ring (bicyclic) bond motifs is 3. The average Bonchev–Trinajstić information content (AvgIpc) is 3.40. The Morgan fingerprint density at radius 3 is 2.20 bits per heavy atom. The molecule has 21 nitrogen and oxygen atoms in total. The number of hydrogen-bond acceptors (Lipinski definition) is 19. The van der Waals surface area contributed by atoms with Gasteiger partial charge in [-0.05, 0) is 63.4 Å². The van der Waals surface area contributed by atoms with Gasteiger partial charge in [-0.25, -0.2) is 30.0 Å². The predicted molar refractivity (Wildman–Crippen MR) is 215 cm³/mol. The van der Waals surface area contributed by atoms with Crippen molar-refractivity contribution in [3.63, 3.8) is 0 Å². The molecule has 1 spiro atoms. The third-order valence-electron chi connectivity index (χ3n) is 10.4. The fourth-order valence-electron chi connectivity index (χ4n) is 7.72. The number of carbonyl (C=O) groups excluding carboxylic acids is 3. The minimum Gasteiger partial charge on any atom is -0.735 e.